The fraction of sp³-hybridized carbons (Fsp3) is 0.529. The number of amides is 1. The lowest BCUT2D eigenvalue weighted by Crippen LogP contribution is -2.34. The van der Waals surface area contributed by atoms with E-state index in [-0.39, 0.29) is 11.9 Å². The van der Waals surface area contributed by atoms with Crippen LogP contribution in [0.3, 0.4) is 0 Å². The molecule has 6 heteroatoms. The maximum atomic E-state index is 12.9. The zero-order valence-electron chi connectivity index (χ0n) is 13.6. The first-order chi connectivity index (χ1) is 11.2. The fourth-order valence-corrected chi connectivity index (χ4v) is 3.76. The number of methoxy groups -OCH3 is 1. The lowest BCUT2D eigenvalue weighted by molar-refractivity contribution is 0.0651. The molecule has 3 heterocycles. The Labute approximate surface area is 140 Å². The molecule has 1 amide bonds. The number of nitrogens with zero attached hydrogens (tertiary/aromatic N) is 2. The second-order valence-electron chi connectivity index (χ2n) is 5.87. The molecule has 3 rings (SSSR count). The molecular formula is C17H22N2O3S. The molecule has 1 aliphatic rings. The Morgan fingerprint density at radius 1 is 1.43 bits per heavy atom. The number of hydrogen-bond donors (Lipinski definition) is 0. The molecule has 2 aromatic rings. The van der Waals surface area contributed by atoms with Crippen molar-refractivity contribution in [2.45, 2.75) is 45.3 Å². The third-order valence-electron chi connectivity index (χ3n) is 4.14. The molecule has 0 spiro atoms. The van der Waals surface area contributed by atoms with Crippen LogP contribution < -0.4 is 0 Å². The van der Waals surface area contributed by atoms with Crippen molar-refractivity contribution in [3.8, 4) is 0 Å². The topological polar surface area (TPSA) is 55.6 Å². The SMILES string of the molecule is COCc1nc(C(=O)N2CCCCC[C@@H]2c2ccc(C)o2)cs1. The van der Waals surface area contributed by atoms with Gasteiger partial charge in [-0.15, -0.1) is 11.3 Å². The van der Waals surface area contributed by atoms with Crippen molar-refractivity contribution >= 4 is 17.2 Å². The van der Waals surface area contributed by atoms with Gasteiger partial charge in [-0.2, -0.15) is 0 Å². The zero-order chi connectivity index (χ0) is 16.2. The lowest BCUT2D eigenvalue weighted by atomic mass is 10.1. The van der Waals surface area contributed by atoms with Gasteiger partial charge in [0.1, 0.15) is 22.2 Å². The summed E-state index contributed by atoms with van der Waals surface area (Å²) in [5.74, 6) is 1.75. The minimum absolute atomic E-state index is 0.00581. The van der Waals surface area contributed by atoms with Gasteiger partial charge >= 0.3 is 0 Å². The van der Waals surface area contributed by atoms with Crippen LogP contribution in [0.15, 0.2) is 21.9 Å². The molecule has 1 fully saturated rings. The van der Waals surface area contributed by atoms with E-state index in [0.717, 1.165) is 48.8 Å². The second-order valence-corrected chi connectivity index (χ2v) is 6.81. The number of thiazole rings is 1. The molecule has 2 aromatic heterocycles. The Morgan fingerprint density at radius 2 is 2.30 bits per heavy atom. The monoisotopic (exact) mass is 334 g/mol. The van der Waals surface area contributed by atoms with Crippen molar-refractivity contribution in [2.75, 3.05) is 13.7 Å². The third-order valence-corrected chi connectivity index (χ3v) is 4.96. The van der Waals surface area contributed by atoms with Crippen molar-refractivity contribution in [2.24, 2.45) is 0 Å². The molecule has 124 valence electrons. The van der Waals surface area contributed by atoms with E-state index in [1.165, 1.54) is 11.3 Å². The van der Waals surface area contributed by atoms with Crippen molar-refractivity contribution in [1.82, 2.24) is 9.88 Å². The van der Waals surface area contributed by atoms with Gasteiger partial charge in [0.25, 0.3) is 5.91 Å². The van der Waals surface area contributed by atoms with Crippen molar-refractivity contribution in [3.63, 3.8) is 0 Å². The number of rotatable bonds is 4. The van der Waals surface area contributed by atoms with E-state index in [2.05, 4.69) is 4.98 Å². The number of hydrogen-bond acceptors (Lipinski definition) is 5. The number of aromatic nitrogens is 1. The highest BCUT2D eigenvalue weighted by molar-refractivity contribution is 7.09. The van der Waals surface area contributed by atoms with E-state index in [4.69, 9.17) is 9.15 Å². The molecule has 1 atom stereocenters. The van der Waals surface area contributed by atoms with Crippen molar-refractivity contribution in [3.05, 3.63) is 39.7 Å². The predicted octanol–water partition coefficient (Wildman–Crippen LogP) is 3.95. The number of likely N-dealkylation sites (tertiary alicyclic amines) is 1. The highest BCUT2D eigenvalue weighted by Crippen LogP contribution is 2.32. The van der Waals surface area contributed by atoms with Gasteiger partial charge in [0.15, 0.2) is 0 Å². The van der Waals surface area contributed by atoms with Crippen molar-refractivity contribution in [1.29, 1.82) is 0 Å². The summed E-state index contributed by atoms with van der Waals surface area (Å²) in [7, 11) is 1.63. The Bertz CT molecular complexity index is 664. The van der Waals surface area contributed by atoms with Crippen LogP contribution in [-0.4, -0.2) is 29.4 Å². The van der Waals surface area contributed by atoms with Crippen LogP contribution in [-0.2, 0) is 11.3 Å². The first kappa shape index (κ1) is 16.2. The summed E-state index contributed by atoms with van der Waals surface area (Å²) < 4.78 is 10.9. The molecule has 0 saturated carbocycles. The number of carbonyl (C=O) groups is 1. The molecule has 23 heavy (non-hydrogen) atoms. The molecule has 0 unspecified atom stereocenters. The Hall–Kier alpha value is -1.66. The maximum absolute atomic E-state index is 12.9. The van der Waals surface area contributed by atoms with E-state index in [0.29, 0.717) is 12.3 Å². The summed E-state index contributed by atoms with van der Waals surface area (Å²) >= 11 is 1.47. The van der Waals surface area contributed by atoms with Gasteiger partial charge in [0.2, 0.25) is 0 Å². The summed E-state index contributed by atoms with van der Waals surface area (Å²) in [5, 5.41) is 2.66. The van der Waals surface area contributed by atoms with Crippen LogP contribution >= 0.6 is 11.3 Å². The highest BCUT2D eigenvalue weighted by Gasteiger charge is 2.30. The van der Waals surface area contributed by atoms with Gasteiger partial charge in [-0.1, -0.05) is 12.8 Å². The fourth-order valence-electron chi connectivity index (χ4n) is 3.03. The minimum Gasteiger partial charge on any atom is -0.464 e. The van der Waals surface area contributed by atoms with E-state index >= 15 is 0 Å². The molecule has 5 nitrogen and oxygen atoms in total. The number of carbonyl (C=O) groups excluding carboxylic acids is 1. The van der Waals surface area contributed by atoms with E-state index in [9.17, 15) is 4.79 Å². The molecule has 1 aliphatic heterocycles. The van der Waals surface area contributed by atoms with Crippen LogP contribution in [0.4, 0.5) is 0 Å². The van der Waals surface area contributed by atoms with Crippen LogP contribution in [0.2, 0.25) is 0 Å². The van der Waals surface area contributed by atoms with Gasteiger partial charge in [-0.05, 0) is 31.9 Å². The van der Waals surface area contributed by atoms with Crippen LogP contribution in [0.5, 0.6) is 0 Å². The maximum Gasteiger partial charge on any atom is 0.273 e. The van der Waals surface area contributed by atoms with Crippen molar-refractivity contribution < 1.29 is 13.9 Å². The Kier molecular flexibility index (Phi) is 5.13. The number of furan rings is 1. The average molecular weight is 334 g/mol. The Balaban J connectivity index is 1.84. The summed E-state index contributed by atoms with van der Waals surface area (Å²) in [6.07, 6.45) is 4.22. The molecule has 0 aliphatic carbocycles. The molecule has 0 radical (unpaired) electrons. The summed E-state index contributed by atoms with van der Waals surface area (Å²) in [5.41, 5.74) is 0.511. The predicted molar refractivity (Wildman–Crippen MR) is 88.5 cm³/mol. The smallest absolute Gasteiger partial charge is 0.273 e. The molecular weight excluding hydrogens is 312 g/mol. The van der Waals surface area contributed by atoms with E-state index in [1.807, 2.05) is 29.3 Å². The van der Waals surface area contributed by atoms with Crippen LogP contribution in [0, 0.1) is 6.92 Å². The third kappa shape index (κ3) is 3.64. The summed E-state index contributed by atoms with van der Waals surface area (Å²) in [4.78, 5) is 19.3. The van der Waals surface area contributed by atoms with Gasteiger partial charge < -0.3 is 14.1 Å². The van der Waals surface area contributed by atoms with Gasteiger partial charge in [-0.25, -0.2) is 4.98 Å². The number of aryl methyl sites for hydroxylation is 1. The molecule has 1 saturated heterocycles. The quantitative estimate of drug-likeness (QED) is 0.849. The molecule has 0 N–H and O–H groups in total. The van der Waals surface area contributed by atoms with Crippen LogP contribution in [0.1, 0.15) is 58.7 Å². The number of ether oxygens (including phenoxy) is 1. The largest absolute Gasteiger partial charge is 0.464 e. The molecule has 0 bridgehead atoms. The summed E-state index contributed by atoms with van der Waals surface area (Å²) in [6, 6.07) is 3.96. The standard InChI is InChI=1S/C17H22N2O3S/c1-12-7-8-15(22-12)14-6-4-3-5-9-19(14)17(20)13-11-23-16(18-13)10-21-2/h7-8,11,14H,3-6,9-10H2,1-2H3/t14-/m1/s1. The van der Waals surface area contributed by atoms with Gasteiger partial charge in [0, 0.05) is 19.0 Å². The average Bonchev–Trinajstić information content (AvgIpc) is 3.10. The second kappa shape index (κ2) is 7.27. The van der Waals surface area contributed by atoms with Crippen LogP contribution in [0.25, 0.3) is 0 Å². The van der Waals surface area contributed by atoms with Gasteiger partial charge in [0.05, 0.1) is 12.6 Å². The van der Waals surface area contributed by atoms with E-state index in [1.54, 1.807) is 7.11 Å². The normalized spacial score (nSPS) is 18.9. The first-order valence-electron chi connectivity index (χ1n) is 7.99. The van der Waals surface area contributed by atoms with E-state index < -0.39 is 0 Å². The summed E-state index contributed by atoms with van der Waals surface area (Å²) in [6.45, 7) is 3.13. The molecule has 0 aromatic carbocycles. The zero-order valence-corrected chi connectivity index (χ0v) is 14.4. The Morgan fingerprint density at radius 3 is 3.04 bits per heavy atom. The lowest BCUT2D eigenvalue weighted by Gasteiger charge is -2.28. The minimum atomic E-state index is -0.00967. The first-order valence-corrected chi connectivity index (χ1v) is 8.87. The van der Waals surface area contributed by atoms with Gasteiger partial charge in [-0.3, -0.25) is 4.79 Å². The highest BCUT2D eigenvalue weighted by atomic mass is 32.1.